The molecular formula is C14H17N3O4. The molecule has 112 valence electrons. The van der Waals surface area contributed by atoms with Gasteiger partial charge in [-0.05, 0) is 12.1 Å². The molecule has 0 atom stereocenters. The Hall–Kier alpha value is -2.12. The molecule has 0 aliphatic carbocycles. The molecule has 0 saturated carbocycles. The quantitative estimate of drug-likeness (QED) is 0.901. The Bertz CT molecular complexity index is 662. The summed E-state index contributed by atoms with van der Waals surface area (Å²) in [4.78, 5) is 17.8. The highest BCUT2D eigenvalue weighted by molar-refractivity contribution is 5.93. The Morgan fingerprint density at radius 1 is 1.43 bits per heavy atom. The number of aromatic carboxylic acids is 1. The van der Waals surface area contributed by atoms with Gasteiger partial charge in [-0.2, -0.15) is 0 Å². The van der Waals surface area contributed by atoms with Crippen LogP contribution in [-0.2, 0) is 11.3 Å². The molecule has 0 spiro atoms. The average Bonchev–Trinajstić information content (AvgIpc) is 2.86. The average molecular weight is 291 g/mol. The summed E-state index contributed by atoms with van der Waals surface area (Å²) in [5.41, 5.74) is 0.646. The maximum absolute atomic E-state index is 11.3. The van der Waals surface area contributed by atoms with Gasteiger partial charge in [-0.25, -0.2) is 9.78 Å². The van der Waals surface area contributed by atoms with E-state index in [1.54, 1.807) is 29.8 Å². The summed E-state index contributed by atoms with van der Waals surface area (Å²) in [6.45, 7) is 3.62. The molecule has 2 aromatic heterocycles. The van der Waals surface area contributed by atoms with Crippen molar-refractivity contribution in [3.63, 3.8) is 0 Å². The number of hydrogen-bond acceptors (Lipinski definition) is 5. The second-order valence-electron chi connectivity index (χ2n) is 4.89. The first-order valence-corrected chi connectivity index (χ1v) is 6.77. The summed E-state index contributed by atoms with van der Waals surface area (Å²) in [5.74, 6) is 0.342. The monoisotopic (exact) mass is 291 g/mol. The third-order valence-corrected chi connectivity index (χ3v) is 3.59. The number of rotatable bonds is 4. The summed E-state index contributed by atoms with van der Waals surface area (Å²) in [5, 5.41) is 9.29. The van der Waals surface area contributed by atoms with Crippen molar-refractivity contribution in [3.8, 4) is 5.75 Å². The van der Waals surface area contributed by atoms with Crippen molar-refractivity contribution in [2.24, 2.45) is 0 Å². The lowest BCUT2D eigenvalue weighted by molar-refractivity contribution is 0.0329. The molecule has 0 radical (unpaired) electrons. The van der Waals surface area contributed by atoms with Crippen molar-refractivity contribution in [2.75, 3.05) is 33.4 Å². The number of ether oxygens (including phenoxy) is 2. The number of pyridine rings is 1. The normalized spacial score (nSPS) is 16.2. The number of imidazole rings is 1. The smallest absolute Gasteiger partial charge is 0.356 e. The van der Waals surface area contributed by atoms with E-state index in [0.29, 0.717) is 36.8 Å². The van der Waals surface area contributed by atoms with Crippen LogP contribution in [0, 0.1) is 0 Å². The standard InChI is InChI=1S/C14H17N3O4/c1-20-10-2-3-11-13(14(18)19)15-12(17(11)8-10)9-16-4-6-21-7-5-16/h2-3,8H,4-7,9H2,1H3,(H,18,19). The minimum absolute atomic E-state index is 0.0703. The molecule has 0 bridgehead atoms. The summed E-state index contributed by atoms with van der Waals surface area (Å²) >= 11 is 0. The molecular weight excluding hydrogens is 274 g/mol. The van der Waals surface area contributed by atoms with E-state index in [1.165, 1.54) is 0 Å². The zero-order chi connectivity index (χ0) is 14.8. The fraction of sp³-hybridized carbons (Fsp3) is 0.429. The van der Waals surface area contributed by atoms with Crippen LogP contribution in [0.5, 0.6) is 5.75 Å². The molecule has 1 aliphatic heterocycles. The van der Waals surface area contributed by atoms with E-state index in [2.05, 4.69) is 9.88 Å². The predicted molar refractivity (Wildman–Crippen MR) is 74.8 cm³/mol. The molecule has 21 heavy (non-hydrogen) atoms. The van der Waals surface area contributed by atoms with Crippen molar-refractivity contribution in [1.29, 1.82) is 0 Å². The molecule has 3 heterocycles. The van der Waals surface area contributed by atoms with Crippen molar-refractivity contribution in [1.82, 2.24) is 14.3 Å². The predicted octanol–water partition coefficient (Wildman–Crippen LogP) is 0.873. The number of carboxylic acid groups (broad SMARTS) is 1. The minimum Gasteiger partial charge on any atom is -0.495 e. The van der Waals surface area contributed by atoms with Gasteiger partial charge in [0, 0.05) is 13.1 Å². The Morgan fingerprint density at radius 2 is 2.19 bits per heavy atom. The molecule has 3 rings (SSSR count). The third kappa shape index (κ3) is 2.70. The lowest BCUT2D eigenvalue weighted by Gasteiger charge is -2.25. The van der Waals surface area contributed by atoms with Gasteiger partial charge in [0.15, 0.2) is 5.69 Å². The van der Waals surface area contributed by atoms with E-state index in [9.17, 15) is 9.90 Å². The molecule has 1 fully saturated rings. The lowest BCUT2D eigenvalue weighted by atomic mass is 10.3. The van der Waals surface area contributed by atoms with Gasteiger partial charge in [-0.3, -0.25) is 9.30 Å². The van der Waals surface area contributed by atoms with Crippen molar-refractivity contribution in [3.05, 3.63) is 29.8 Å². The van der Waals surface area contributed by atoms with E-state index < -0.39 is 5.97 Å². The van der Waals surface area contributed by atoms with E-state index >= 15 is 0 Å². The van der Waals surface area contributed by atoms with Crippen LogP contribution in [0.25, 0.3) is 5.52 Å². The van der Waals surface area contributed by atoms with Crippen LogP contribution in [0.15, 0.2) is 18.3 Å². The van der Waals surface area contributed by atoms with Gasteiger partial charge < -0.3 is 14.6 Å². The molecule has 0 unspecified atom stereocenters. The van der Waals surface area contributed by atoms with E-state index in [-0.39, 0.29) is 5.69 Å². The first-order chi connectivity index (χ1) is 10.2. The number of hydrogen-bond donors (Lipinski definition) is 1. The maximum atomic E-state index is 11.3. The second-order valence-corrected chi connectivity index (χ2v) is 4.89. The number of aromatic nitrogens is 2. The van der Waals surface area contributed by atoms with Crippen molar-refractivity contribution in [2.45, 2.75) is 6.54 Å². The number of nitrogens with zero attached hydrogens (tertiary/aromatic N) is 3. The Kier molecular flexibility index (Phi) is 3.76. The van der Waals surface area contributed by atoms with Gasteiger partial charge >= 0.3 is 5.97 Å². The molecule has 1 aliphatic rings. The number of carbonyl (C=O) groups is 1. The topological polar surface area (TPSA) is 76.3 Å². The van der Waals surface area contributed by atoms with Gasteiger partial charge in [-0.1, -0.05) is 0 Å². The SMILES string of the molecule is COc1ccc2c(C(=O)O)nc(CN3CCOCC3)n2c1. The Morgan fingerprint density at radius 3 is 2.86 bits per heavy atom. The van der Waals surface area contributed by atoms with Gasteiger partial charge in [0.2, 0.25) is 0 Å². The van der Waals surface area contributed by atoms with Gasteiger partial charge in [-0.15, -0.1) is 0 Å². The van der Waals surface area contributed by atoms with E-state index in [0.717, 1.165) is 13.1 Å². The Balaban J connectivity index is 2.00. The first-order valence-electron chi connectivity index (χ1n) is 6.77. The van der Waals surface area contributed by atoms with Gasteiger partial charge in [0.25, 0.3) is 0 Å². The summed E-state index contributed by atoms with van der Waals surface area (Å²) in [7, 11) is 1.58. The molecule has 1 N–H and O–H groups in total. The number of methoxy groups -OCH3 is 1. The van der Waals surface area contributed by atoms with Crippen LogP contribution in [-0.4, -0.2) is 58.8 Å². The fourth-order valence-corrected chi connectivity index (χ4v) is 2.48. The zero-order valence-corrected chi connectivity index (χ0v) is 11.8. The van der Waals surface area contributed by atoms with Crippen molar-refractivity contribution >= 4 is 11.5 Å². The minimum atomic E-state index is -1.02. The van der Waals surface area contributed by atoms with Gasteiger partial charge in [0.1, 0.15) is 11.6 Å². The molecule has 2 aromatic rings. The van der Waals surface area contributed by atoms with Crippen LogP contribution in [0.1, 0.15) is 16.3 Å². The molecule has 7 heteroatoms. The molecule has 7 nitrogen and oxygen atoms in total. The largest absolute Gasteiger partial charge is 0.495 e. The van der Waals surface area contributed by atoms with Crippen LogP contribution in [0.2, 0.25) is 0 Å². The number of morpholine rings is 1. The van der Waals surface area contributed by atoms with Crippen LogP contribution in [0.4, 0.5) is 0 Å². The Labute approximate surface area is 121 Å². The maximum Gasteiger partial charge on any atom is 0.356 e. The highest BCUT2D eigenvalue weighted by Crippen LogP contribution is 2.20. The molecule has 1 saturated heterocycles. The summed E-state index contributed by atoms with van der Waals surface area (Å²) in [6, 6.07) is 3.46. The van der Waals surface area contributed by atoms with Crippen LogP contribution >= 0.6 is 0 Å². The van der Waals surface area contributed by atoms with Crippen molar-refractivity contribution < 1.29 is 19.4 Å². The van der Waals surface area contributed by atoms with Crippen LogP contribution < -0.4 is 4.74 Å². The number of carboxylic acids is 1. The van der Waals surface area contributed by atoms with E-state index in [4.69, 9.17) is 9.47 Å². The fourth-order valence-electron chi connectivity index (χ4n) is 2.48. The van der Waals surface area contributed by atoms with Crippen LogP contribution in [0.3, 0.4) is 0 Å². The van der Waals surface area contributed by atoms with Gasteiger partial charge in [0.05, 0.1) is 38.6 Å². The summed E-state index contributed by atoms with van der Waals surface area (Å²) in [6.07, 6.45) is 1.77. The first kappa shape index (κ1) is 13.8. The highest BCUT2D eigenvalue weighted by atomic mass is 16.5. The van der Waals surface area contributed by atoms with E-state index in [1.807, 2.05) is 0 Å². The highest BCUT2D eigenvalue weighted by Gasteiger charge is 2.20. The molecule has 0 amide bonds. The molecule has 0 aromatic carbocycles. The summed E-state index contributed by atoms with van der Waals surface area (Å²) < 4.78 is 12.3. The second kappa shape index (κ2) is 5.71. The third-order valence-electron chi connectivity index (χ3n) is 3.59. The number of fused-ring (bicyclic) bond motifs is 1. The zero-order valence-electron chi connectivity index (χ0n) is 11.8. The lowest BCUT2D eigenvalue weighted by Crippen LogP contribution is -2.36.